The summed E-state index contributed by atoms with van der Waals surface area (Å²) in [6.45, 7) is 4.98. The van der Waals surface area contributed by atoms with Crippen molar-refractivity contribution in [3.05, 3.63) is 29.8 Å². The van der Waals surface area contributed by atoms with Gasteiger partial charge >= 0.3 is 0 Å². The van der Waals surface area contributed by atoms with Gasteiger partial charge in [-0.2, -0.15) is 8.42 Å². The molecule has 1 rings (SSSR count). The fourth-order valence-corrected chi connectivity index (χ4v) is 2.48. The van der Waals surface area contributed by atoms with Crippen molar-refractivity contribution in [2.24, 2.45) is 0 Å². The summed E-state index contributed by atoms with van der Waals surface area (Å²) < 4.78 is 44.2. The van der Waals surface area contributed by atoms with Crippen LogP contribution < -0.4 is 0 Å². The first-order chi connectivity index (χ1) is 9.95. The molecule has 0 saturated carbocycles. The molecule has 0 N–H and O–H groups in total. The van der Waals surface area contributed by atoms with Gasteiger partial charge in [0.25, 0.3) is 10.1 Å². The highest BCUT2D eigenvalue weighted by molar-refractivity contribution is 7.86. The van der Waals surface area contributed by atoms with Crippen molar-refractivity contribution in [3.63, 3.8) is 0 Å². The van der Waals surface area contributed by atoms with Gasteiger partial charge in [-0.25, -0.2) is 4.18 Å². The molecule has 0 saturated heterocycles. The van der Waals surface area contributed by atoms with E-state index in [0.29, 0.717) is 19.8 Å². The minimum atomic E-state index is -3.81. The molecule has 0 aliphatic carbocycles. The Hall–Kier alpha value is -0.990. The Labute approximate surface area is 126 Å². The number of aryl methyl sites for hydroxylation is 1. The molecule has 120 valence electrons. The van der Waals surface area contributed by atoms with E-state index in [9.17, 15) is 8.42 Å². The van der Waals surface area contributed by atoms with Gasteiger partial charge in [-0.3, -0.25) is 0 Å². The maximum Gasteiger partial charge on any atom is 0.299 e. The van der Waals surface area contributed by atoms with Crippen molar-refractivity contribution in [2.45, 2.75) is 25.0 Å². The molecule has 0 aromatic heterocycles. The van der Waals surface area contributed by atoms with Crippen LogP contribution in [0, 0.1) is 6.92 Å². The summed E-state index contributed by atoms with van der Waals surface area (Å²) in [5.41, 5.74) is 0.978. The molecule has 7 heteroatoms. The van der Waals surface area contributed by atoms with Gasteiger partial charge in [0, 0.05) is 7.11 Å². The molecule has 0 amide bonds. The van der Waals surface area contributed by atoms with E-state index >= 15 is 0 Å². The molecular weight excluding hydrogens is 296 g/mol. The monoisotopic (exact) mass is 318 g/mol. The van der Waals surface area contributed by atoms with Crippen LogP contribution in [0.4, 0.5) is 0 Å². The van der Waals surface area contributed by atoms with Gasteiger partial charge in [0.05, 0.1) is 31.3 Å². The highest BCUT2D eigenvalue weighted by Crippen LogP contribution is 2.15. The summed E-state index contributed by atoms with van der Waals surface area (Å²) in [6, 6.07) is 6.44. The van der Waals surface area contributed by atoms with Crippen LogP contribution in [0.25, 0.3) is 0 Å². The summed E-state index contributed by atoms with van der Waals surface area (Å²) in [5, 5.41) is 0. The van der Waals surface area contributed by atoms with Crippen molar-refractivity contribution < 1.29 is 26.8 Å². The molecule has 1 aromatic rings. The Morgan fingerprint density at radius 3 is 2.29 bits per heavy atom. The van der Waals surface area contributed by atoms with Crippen LogP contribution in [0.3, 0.4) is 0 Å². The lowest BCUT2D eigenvalue weighted by atomic mass is 10.2. The summed E-state index contributed by atoms with van der Waals surface area (Å²) in [6.07, 6.45) is -0.873. The molecule has 0 aliphatic heterocycles. The molecule has 1 aromatic carbocycles. The van der Waals surface area contributed by atoms with Gasteiger partial charge in [-0.1, -0.05) is 17.7 Å². The fourth-order valence-electron chi connectivity index (χ4n) is 1.48. The predicted octanol–water partition coefficient (Wildman–Crippen LogP) is 1.73. The SMILES string of the molecule is COCCOCCOC(C)OS(=O)(=O)c1ccc(C)cc1. The molecular formula is C14H22O6S. The van der Waals surface area contributed by atoms with Crippen LogP contribution in [0.1, 0.15) is 12.5 Å². The molecule has 0 aliphatic rings. The summed E-state index contributed by atoms with van der Waals surface area (Å²) in [7, 11) is -2.22. The van der Waals surface area contributed by atoms with Crippen molar-refractivity contribution in [1.29, 1.82) is 0 Å². The number of benzene rings is 1. The normalized spacial score (nSPS) is 13.3. The van der Waals surface area contributed by atoms with E-state index in [1.54, 1.807) is 19.2 Å². The first-order valence-corrected chi connectivity index (χ1v) is 8.05. The highest BCUT2D eigenvalue weighted by atomic mass is 32.2. The minimum Gasteiger partial charge on any atom is -0.382 e. The second kappa shape index (κ2) is 9.11. The number of rotatable bonds is 10. The Morgan fingerprint density at radius 1 is 1.05 bits per heavy atom. The first kappa shape index (κ1) is 18.1. The third kappa shape index (κ3) is 7.01. The van der Waals surface area contributed by atoms with Crippen LogP contribution in [0.15, 0.2) is 29.2 Å². The third-order valence-electron chi connectivity index (χ3n) is 2.58. The highest BCUT2D eigenvalue weighted by Gasteiger charge is 2.19. The second-order valence-corrected chi connectivity index (χ2v) is 5.98. The van der Waals surface area contributed by atoms with E-state index in [4.69, 9.17) is 18.4 Å². The quantitative estimate of drug-likeness (QED) is 0.372. The zero-order valence-corrected chi connectivity index (χ0v) is 13.4. The molecule has 0 spiro atoms. The van der Waals surface area contributed by atoms with Crippen LogP contribution >= 0.6 is 0 Å². The maximum absolute atomic E-state index is 12.0. The van der Waals surface area contributed by atoms with E-state index in [0.717, 1.165) is 5.56 Å². The van der Waals surface area contributed by atoms with Gasteiger partial charge in [-0.05, 0) is 26.0 Å². The lowest BCUT2D eigenvalue weighted by Crippen LogP contribution is -2.21. The Bertz CT molecular complexity index is 497. The van der Waals surface area contributed by atoms with Crippen LogP contribution in [-0.4, -0.2) is 48.2 Å². The van der Waals surface area contributed by atoms with Gasteiger partial charge in [0.2, 0.25) is 0 Å². The van der Waals surface area contributed by atoms with E-state index in [1.807, 2.05) is 6.92 Å². The maximum atomic E-state index is 12.0. The number of hydrogen-bond donors (Lipinski definition) is 0. The largest absolute Gasteiger partial charge is 0.382 e. The summed E-state index contributed by atoms with van der Waals surface area (Å²) in [5.74, 6) is 0. The van der Waals surface area contributed by atoms with Gasteiger partial charge in [-0.15, -0.1) is 0 Å². The Kier molecular flexibility index (Phi) is 7.84. The molecule has 21 heavy (non-hydrogen) atoms. The van der Waals surface area contributed by atoms with Crippen LogP contribution in [0.2, 0.25) is 0 Å². The average Bonchev–Trinajstić information content (AvgIpc) is 2.42. The fraction of sp³-hybridized carbons (Fsp3) is 0.571. The molecule has 0 bridgehead atoms. The molecule has 1 atom stereocenters. The number of hydrogen-bond acceptors (Lipinski definition) is 6. The van der Waals surface area contributed by atoms with Crippen LogP contribution in [0.5, 0.6) is 0 Å². The average molecular weight is 318 g/mol. The van der Waals surface area contributed by atoms with E-state index in [1.165, 1.54) is 19.1 Å². The van der Waals surface area contributed by atoms with Gasteiger partial charge in [0.1, 0.15) is 0 Å². The van der Waals surface area contributed by atoms with Crippen molar-refractivity contribution >= 4 is 10.1 Å². The molecule has 6 nitrogen and oxygen atoms in total. The second-order valence-electron chi connectivity index (χ2n) is 4.41. The van der Waals surface area contributed by atoms with E-state index < -0.39 is 16.4 Å². The number of ether oxygens (including phenoxy) is 3. The standard InChI is InChI=1S/C14H22O6S/c1-12-4-6-14(7-5-12)21(15,16)20-13(2)19-11-10-18-9-8-17-3/h4-7,13H,8-11H2,1-3H3. The topological polar surface area (TPSA) is 71.1 Å². The number of methoxy groups -OCH3 is 1. The van der Waals surface area contributed by atoms with Crippen LogP contribution in [-0.2, 0) is 28.5 Å². The third-order valence-corrected chi connectivity index (χ3v) is 3.96. The zero-order valence-electron chi connectivity index (χ0n) is 12.6. The Morgan fingerprint density at radius 2 is 1.67 bits per heavy atom. The lowest BCUT2D eigenvalue weighted by molar-refractivity contribution is -0.0822. The molecule has 0 heterocycles. The molecule has 0 radical (unpaired) electrons. The first-order valence-electron chi connectivity index (χ1n) is 6.64. The van der Waals surface area contributed by atoms with E-state index in [2.05, 4.69) is 0 Å². The van der Waals surface area contributed by atoms with Gasteiger partial charge in [0.15, 0.2) is 6.29 Å². The molecule has 1 unspecified atom stereocenters. The molecule has 0 fully saturated rings. The summed E-state index contributed by atoms with van der Waals surface area (Å²) in [4.78, 5) is 0.111. The summed E-state index contributed by atoms with van der Waals surface area (Å²) >= 11 is 0. The smallest absolute Gasteiger partial charge is 0.299 e. The minimum absolute atomic E-state index is 0.111. The van der Waals surface area contributed by atoms with E-state index in [-0.39, 0.29) is 11.5 Å². The van der Waals surface area contributed by atoms with Crippen molar-refractivity contribution in [2.75, 3.05) is 33.5 Å². The zero-order chi connectivity index (χ0) is 15.7. The van der Waals surface area contributed by atoms with Crippen molar-refractivity contribution in [3.8, 4) is 0 Å². The van der Waals surface area contributed by atoms with Crippen molar-refractivity contribution in [1.82, 2.24) is 0 Å². The Balaban J connectivity index is 2.36. The van der Waals surface area contributed by atoms with Gasteiger partial charge < -0.3 is 14.2 Å². The predicted molar refractivity (Wildman–Crippen MR) is 77.6 cm³/mol. The lowest BCUT2D eigenvalue weighted by Gasteiger charge is -2.14.